The van der Waals surface area contributed by atoms with E-state index in [1.165, 1.54) is 0 Å². The molecule has 1 atom stereocenters. The van der Waals surface area contributed by atoms with E-state index in [0.717, 1.165) is 12.7 Å². The summed E-state index contributed by atoms with van der Waals surface area (Å²) in [5, 5.41) is 0. The third-order valence-electron chi connectivity index (χ3n) is 2.03. The molecule has 0 radical (unpaired) electrons. The van der Waals surface area contributed by atoms with Crippen LogP contribution in [-0.4, -0.2) is 10.6 Å². The summed E-state index contributed by atoms with van der Waals surface area (Å²) in [5.41, 5.74) is -0.358. The Kier molecular flexibility index (Phi) is 1.77. The van der Waals surface area contributed by atoms with Crippen molar-refractivity contribution >= 4 is 29.5 Å². The Bertz CT molecular complexity index is 163. The SMILES string of the molecule is CC(C)(C=O)C1CC1(Cl)Cl. The first kappa shape index (κ1) is 8.35. The zero-order valence-electron chi connectivity index (χ0n) is 6.03. The van der Waals surface area contributed by atoms with E-state index in [9.17, 15) is 4.79 Å². The Morgan fingerprint density at radius 3 is 2.10 bits per heavy atom. The standard InChI is InChI=1S/C7H10Cl2O/c1-6(2,4-10)5-3-7(5,8)9/h4-5H,3H2,1-2H3. The van der Waals surface area contributed by atoms with Gasteiger partial charge in [0.15, 0.2) is 0 Å². The van der Waals surface area contributed by atoms with Crippen LogP contribution < -0.4 is 0 Å². The number of rotatable bonds is 2. The third kappa shape index (κ3) is 1.30. The van der Waals surface area contributed by atoms with Crippen molar-refractivity contribution in [2.75, 3.05) is 0 Å². The highest BCUT2D eigenvalue weighted by atomic mass is 35.5. The molecule has 1 saturated carbocycles. The molecule has 0 spiro atoms. The molecule has 10 heavy (non-hydrogen) atoms. The third-order valence-corrected chi connectivity index (χ3v) is 2.86. The summed E-state index contributed by atoms with van der Waals surface area (Å²) in [6.45, 7) is 3.72. The van der Waals surface area contributed by atoms with Crippen LogP contribution in [0.4, 0.5) is 0 Å². The van der Waals surface area contributed by atoms with Crippen LogP contribution in [0.5, 0.6) is 0 Å². The van der Waals surface area contributed by atoms with Crippen LogP contribution in [0.3, 0.4) is 0 Å². The van der Waals surface area contributed by atoms with E-state index in [0.29, 0.717) is 0 Å². The zero-order chi connectivity index (χ0) is 7.99. The number of carbonyl (C=O) groups is 1. The van der Waals surface area contributed by atoms with Crippen LogP contribution in [0.25, 0.3) is 0 Å². The molecule has 1 rings (SSSR count). The minimum atomic E-state index is -0.635. The second-order valence-corrected chi connectivity index (χ2v) is 5.00. The first-order valence-corrected chi connectivity index (χ1v) is 4.00. The fraction of sp³-hybridized carbons (Fsp3) is 0.857. The number of hydrogen-bond acceptors (Lipinski definition) is 1. The quantitative estimate of drug-likeness (QED) is 0.472. The van der Waals surface area contributed by atoms with Gasteiger partial charge in [-0.2, -0.15) is 0 Å². The van der Waals surface area contributed by atoms with Crippen molar-refractivity contribution in [2.24, 2.45) is 11.3 Å². The van der Waals surface area contributed by atoms with E-state index in [1.54, 1.807) is 0 Å². The summed E-state index contributed by atoms with van der Waals surface area (Å²) in [6, 6.07) is 0. The zero-order valence-corrected chi connectivity index (χ0v) is 7.54. The van der Waals surface area contributed by atoms with Gasteiger partial charge in [0, 0.05) is 11.3 Å². The van der Waals surface area contributed by atoms with Gasteiger partial charge in [0.05, 0.1) is 0 Å². The second-order valence-electron chi connectivity index (χ2n) is 3.46. The van der Waals surface area contributed by atoms with E-state index < -0.39 is 4.33 Å². The Labute approximate surface area is 70.7 Å². The molecule has 0 amide bonds. The fourth-order valence-corrected chi connectivity index (χ4v) is 1.97. The summed E-state index contributed by atoms with van der Waals surface area (Å²) < 4.78 is -0.635. The Balaban J connectivity index is 2.62. The van der Waals surface area contributed by atoms with Crippen LogP contribution in [0, 0.1) is 11.3 Å². The summed E-state index contributed by atoms with van der Waals surface area (Å²) >= 11 is 11.6. The van der Waals surface area contributed by atoms with Gasteiger partial charge in [0.25, 0.3) is 0 Å². The van der Waals surface area contributed by atoms with Gasteiger partial charge in [-0.05, 0) is 6.42 Å². The summed E-state index contributed by atoms with van der Waals surface area (Å²) in [7, 11) is 0. The van der Waals surface area contributed by atoms with Gasteiger partial charge >= 0.3 is 0 Å². The Morgan fingerprint density at radius 2 is 2.00 bits per heavy atom. The molecule has 58 valence electrons. The first-order chi connectivity index (χ1) is 4.40. The molecule has 1 aliphatic carbocycles. The number of hydrogen-bond donors (Lipinski definition) is 0. The highest BCUT2D eigenvalue weighted by molar-refractivity contribution is 6.51. The predicted molar refractivity (Wildman–Crippen MR) is 42.4 cm³/mol. The van der Waals surface area contributed by atoms with Gasteiger partial charge in [-0.1, -0.05) is 13.8 Å². The minimum Gasteiger partial charge on any atom is -0.303 e. The molecular weight excluding hydrogens is 171 g/mol. The molecule has 0 heterocycles. The van der Waals surface area contributed by atoms with E-state index in [-0.39, 0.29) is 11.3 Å². The van der Waals surface area contributed by atoms with Crippen LogP contribution in [0.15, 0.2) is 0 Å². The van der Waals surface area contributed by atoms with Gasteiger partial charge < -0.3 is 4.79 Å². The van der Waals surface area contributed by atoms with Crippen LogP contribution >= 0.6 is 23.2 Å². The minimum absolute atomic E-state index is 0.140. The number of halogens is 2. The van der Waals surface area contributed by atoms with Crippen molar-refractivity contribution < 1.29 is 4.79 Å². The molecule has 1 aliphatic rings. The lowest BCUT2D eigenvalue weighted by atomic mass is 9.89. The molecule has 0 saturated heterocycles. The molecule has 0 aliphatic heterocycles. The maximum atomic E-state index is 10.5. The molecule has 0 bridgehead atoms. The summed E-state index contributed by atoms with van der Waals surface area (Å²) in [6.07, 6.45) is 1.66. The summed E-state index contributed by atoms with van der Waals surface area (Å²) in [4.78, 5) is 10.5. The largest absolute Gasteiger partial charge is 0.303 e. The molecule has 0 aromatic carbocycles. The topological polar surface area (TPSA) is 17.1 Å². The van der Waals surface area contributed by atoms with Crippen LogP contribution in [0.1, 0.15) is 20.3 Å². The Hall–Kier alpha value is 0.250. The lowest BCUT2D eigenvalue weighted by Gasteiger charge is -2.16. The van der Waals surface area contributed by atoms with E-state index in [2.05, 4.69) is 0 Å². The van der Waals surface area contributed by atoms with Gasteiger partial charge in [0.1, 0.15) is 10.6 Å². The number of aldehydes is 1. The number of alkyl halides is 2. The first-order valence-electron chi connectivity index (χ1n) is 3.24. The predicted octanol–water partition coefficient (Wildman–Crippen LogP) is 2.41. The normalized spacial score (nSPS) is 29.8. The summed E-state index contributed by atoms with van der Waals surface area (Å²) in [5.74, 6) is 0.140. The fourth-order valence-electron chi connectivity index (χ4n) is 1.10. The van der Waals surface area contributed by atoms with Crippen molar-refractivity contribution in [3.63, 3.8) is 0 Å². The molecule has 1 unspecified atom stereocenters. The molecular formula is C7H10Cl2O. The maximum absolute atomic E-state index is 10.5. The molecule has 1 nitrogen and oxygen atoms in total. The highest BCUT2D eigenvalue weighted by Gasteiger charge is 2.58. The van der Waals surface area contributed by atoms with Gasteiger partial charge in [-0.15, -0.1) is 23.2 Å². The van der Waals surface area contributed by atoms with Crippen molar-refractivity contribution in [1.82, 2.24) is 0 Å². The highest BCUT2D eigenvalue weighted by Crippen LogP contribution is 2.60. The van der Waals surface area contributed by atoms with E-state index >= 15 is 0 Å². The molecule has 0 N–H and O–H groups in total. The molecule has 1 fully saturated rings. The van der Waals surface area contributed by atoms with Gasteiger partial charge in [0.2, 0.25) is 0 Å². The molecule has 0 aromatic heterocycles. The monoisotopic (exact) mass is 180 g/mol. The van der Waals surface area contributed by atoms with Crippen LogP contribution in [0.2, 0.25) is 0 Å². The average Bonchev–Trinajstić information content (AvgIpc) is 2.41. The van der Waals surface area contributed by atoms with Crippen molar-refractivity contribution in [1.29, 1.82) is 0 Å². The lowest BCUT2D eigenvalue weighted by Crippen LogP contribution is -2.18. The maximum Gasteiger partial charge on any atom is 0.125 e. The van der Waals surface area contributed by atoms with Gasteiger partial charge in [-0.3, -0.25) is 0 Å². The smallest absolute Gasteiger partial charge is 0.125 e. The number of carbonyl (C=O) groups excluding carboxylic acids is 1. The van der Waals surface area contributed by atoms with Crippen molar-refractivity contribution in [3.8, 4) is 0 Å². The van der Waals surface area contributed by atoms with Crippen LogP contribution in [-0.2, 0) is 4.79 Å². The molecule has 3 heteroatoms. The average molecular weight is 181 g/mol. The van der Waals surface area contributed by atoms with Crippen molar-refractivity contribution in [2.45, 2.75) is 24.6 Å². The van der Waals surface area contributed by atoms with Gasteiger partial charge in [-0.25, -0.2) is 0 Å². The van der Waals surface area contributed by atoms with E-state index in [1.807, 2.05) is 13.8 Å². The lowest BCUT2D eigenvalue weighted by molar-refractivity contribution is -0.115. The van der Waals surface area contributed by atoms with E-state index in [4.69, 9.17) is 23.2 Å². The second kappa shape index (κ2) is 2.12. The van der Waals surface area contributed by atoms with Crippen molar-refractivity contribution in [3.05, 3.63) is 0 Å². The molecule has 0 aromatic rings. The Morgan fingerprint density at radius 1 is 1.60 bits per heavy atom.